The summed E-state index contributed by atoms with van der Waals surface area (Å²) in [5.74, 6) is 1.23. The molecule has 0 atom stereocenters. The lowest BCUT2D eigenvalue weighted by molar-refractivity contribution is -0.384. The van der Waals surface area contributed by atoms with Gasteiger partial charge in [0.25, 0.3) is 5.69 Å². The molecule has 30 heavy (non-hydrogen) atoms. The predicted octanol–water partition coefficient (Wildman–Crippen LogP) is 5.43. The number of carbonyl (C=O) groups is 1. The first-order valence-electron chi connectivity index (χ1n) is 8.42. The Bertz CT molecular complexity index is 1060. The van der Waals surface area contributed by atoms with E-state index in [1.165, 1.54) is 24.3 Å². The van der Waals surface area contributed by atoms with Crippen LogP contribution < -0.4 is 15.4 Å². The molecule has 0 aliphatic heterocycles. The molecule has 0 radical (unpaired) electrons. The number of anilines is 3. The lowest BCUT2D eigenvalue weighted by atomic mass is 10.2. The van der Waals surface area contributed by atoms with Gasteiger partial charge in [-0.1, -0.05) is 17.7 Å². The zero-order valence-corrected chi connectivity index (χ0v) is 17.5. The molecule has 11 heteroatoms. The highest BCUT2D eigenvalue weighted by Crippen LogP contribution is 2.24. The number of nitro groups is 1. The molecule has 0 fully saturated rings. The van der Waals surface area contributed by atoms with Gasteiger partial charge in [-0.2, -0.15) is 0 Å². The van der Waals surface area contributed by atoms with Crippen LogP contribution in [0.3, 0.4) is 0 Å². The summed E-state index contributed by atoms with van der Waals surface area (Å²) in [6, 6.07) is 12.2. The predicted molar refractivity (Wildman–Crippen MR) is 116 cm³/mol. The van der Waals surface area contributed by atoms with Crippen molar-refractivity contribution in [3.63, 3.8) is 0 Å². The Kier molecular flexibility index (Phi) is 7.51. The van der Waals surface area contributed by atoms with Crippen LogP contribution in [0.15, 0.2) is 48.5 Å². The van der Waals surface area contributed by atoms with Crippen molar-refractivity contribution in [3.05, 3.63) is 75.2 Å². The molecule has 0 saturated carbocycles. The maximum Gasteiger partial charge on any atom is 0.417 e. The van der Waals surface area contributed by atoms with Gasteiger partial charge in [-0.3, -0.25) is 15.4 Å². The van der Waals surface area contributed by atoms with E-state index in [9.17, 15) is 14.9 Å². The maximum absolute atomic E-state index is 12.2. The minimum atomic E-state index is -0.722. The molecule has 1 heterocycles. The van der Waals surface area contributed by atoms with E-state index in [2.05, 4.69) is 20.6 Å². The van der Waals surface area contributed by atoms with E-state index >= 15 is 0 Å². The smallest absolute Gasteiger partial charge is 0.410 e. The number of nitrogens with one attached hydrogen (secondary N) is 2. The van der Waals surface area contributed by atoms with Crippen molar-refractivity contribution in [2.24, 2.45) is 0 Å². The number of amides is 1. The van der Waals surface area contributed by atoms with E-state index in [0.717, 1.165) is 5.56 Å². The van der Waals surface area contributed by atoms with Crippen LogP contribution in [-0.4, -0.2) is 21.0 Å². The van der Waals surface area contributed by atoms with Crippen molar-refractivity contribution in [1.29, 1.82) is 0 Å². The van der Waals surface area contributed by atoms with Gasteiger partial charge in [0.1, 0.15) is 22.5 Å². The molecule has 1 amide bonds. The van der Waals surface area contributed by atoms with Gasteiger partial charge >= 0.3 is 6.09 Å². The number of ether oxygens (including phenoxy) is 1. The summed E-state index contributed by atoms with van der Waals surface area (Å²) in [6.45, 7) is 3.56. The van der Waals surface area contributed by atoms with Crippen LogP contribution in [0.2, 0.25) is 5.15 Å². The molecule has 156 valence electrons. The van der Waals surface area contributed by atoms with Crippen LogP contribution in [0.1, 0.15) is 11.4 Å². The summed E-state index contributed by atoms with van der Waals surface area (Å²) in [6.07, 6.45) is -0.722. The molecule has 2 aromatic carbocycles. The largest absolute Gasteiger partial charge is 0.417 e. The Morgan fingerprint density at radius 3 is 2.43 bits per heavy atom. The third kappa shape index (κ3) is 6.03. The van der Waals surface area contributed by atoms with Crippen molar-refractivity contribution in [2.45, 2.75) is 13.8 Å². The second-order valence-electron chi connectivity index (χ2n) is 6.04. The number of non-ortho nitro benzene ring substituents is 1. The van der Waals surface area contributed by atoms with E-state index < -0.39 is 11.0 Å². The Balaban J connectivity index is 0.00000320. The first-order chi connectivity index (χ1) is 13.8. The molecule has 0 aliphatic carbocycles. The fourth-order valence-electron chi connectivity index (χ4n) is 2.46. The third-order valence-corrected chi connectivity index (χ3v) is 4.01. The summed E-state index contributed by atoms with van der Waals surface area (Å²) >= 11 is 5.94. The van der Waals surface area contributed by atoms with E-state index in [1.54, 1.807) is 19.1 Å². The molecular formula is C19H17Cl2N5O4. The van der Waals surface area contributed by atoms with Gasteiger partial charge in [-0.05, 0) is 43.7 Å². The lowest BCUT2D eigenvalue weighted by Crippen LogP contribution is -2.17. The van der Waals surface area contributed by atoms with Gasteiger partial charge in [0.05, 0.1) is 4.92 Å². The Morgan fingerprint density at radius 2 is 1.80 bits per heavy atom. The Labute approximate surface area is 183 Å². The van der Waals surface area contributed by atoms with Gasteiger partial charge in [-0.15, -0.1) is 12.4 Å². The maximum atomic E-state index is 12.2. The summed E-state index contributed by atoms with van der Waals surface area (Å²) in [7, 11) is 0. The molecule has 0 bridgehead atoms. The average Bonchev–Trinajstić information content (AvgIpc) is 2.64. The van der Waals surface area contributed by atoms with Crippen LogP contribution in [0.5, 0.6) is 5.75 Å². The number of rotatable bonds is 5. The second kappa shape index (κ2) is 9.86. The zero-order valence-electron chi connectivity index (χ0n) is 15.9. The number of aryl methyl sites for hydroxylation is 2. The van der Waals surface area contributed by atoms with Crippen LogP contribution in [0.4, 0.5) is 27.7 Å². The highest BCUT2D eigenvalue weighted by atomic mass is 35.5. The van der Waals surface area contributed by atoms with Crippen molar-refractivity contribution >= 4 is 53.0 Å². The Morgan fingerprint density at radius 1 is 1.10 bits per heavy atom. The van der Waals surface area contributed by atoms with Crippen LogP contribution in [0, 0.1) is 24.0 Å². The third-order valence-electron chi connectivity index (χ3n) is 3.81. The molecule has 0 saturated heterocycles. The minimum absolute atomic E-state index is 0. The van der Waals surface area contributed by atoms with Crippen LogP contribution in [-0.2, 0) is 0 Å². The summed E-state index contributed by atoms with van der Waals surface area (Å²) < 4.78 is 5.17. The molecule has 0 unspecified atom stereocenters. The van der Waals surface area contributed by atoms with Crippen molar-refractivity contribution in [2.75, 3.05) is 10.6 Å². The Hall–Kier alpha value is -3.43. The number of hydrogen-bond donors (Lipinski definition) is 2. The number of aromatic nitrogens is 2. The number of halogens is 2. The molecule has 9 nitrogen and oxygen atoms in total. The molecular weight excluding hydrogens is 433 g/mol. The van der Waals surface area contributed by atoms with E-state index in [-0.39, 0.29) is 23.8 Å². The van der Waals surface area contributed by atoms with Crippen LogP contribution >= 0.6 is 24.0 Å². The number of benzene rings is 2. The lowest BCUT2D eigenvalue weighted by Gasteiger charge is -2.12. The first kappa shape index (κ1) is 22.9. The number of nitrogens with zero attached hydrogens (tertiary/aromatic N) is 3. The molecule has 0 spiro atoms. The van der Waals surface area contributed by atoms with Gasteiger partial charge < -0.3 is 10.1 Å². The summed E-state index contributed by atoms with van der Waals surface area (Å²) in [5.41, 5.74) is 1.93. The first-order valence-corrected chi connectivity index (χ1v) is 8.80. The summed E-state index contributed by atoms with van der Waals surface area (Å²) in [5, 5.41) is 16.7. The monoisotopic (exact) mass is 449 g/mol. The van der Waals surface area contributed by atoms with Crippen molar-refractivity contribution < 1.29 is 14.5 Å². The van der Waals surface area contributed by atoms with E-state index in [1.807, 2.05) is 19.1 Å². The number of nitro benzene ring substituents is 1. The molecule has 3 rings (SSSR count). The van der Waals surface area contributed by atoms with Crippen LogP contribution in [0.25, 0.3) is 0 Å². The highest BCUT2D eigenvalue weighted by molar-refractivity contribution is 6.29. The normalized spacial score (nSPS) is 9.97. The zero-order chi connectivity index (χ0) is 21.0. The molecule has 2 N–H and O–H groups in total. The summed E-state index contributed by atoms with van der Waals surface area (Å²) in [4.78, 5) is 30.6. The molecule has 3 aromatic rings. The molecule has 1 aromatic heterocycles. The molecule has 0 aliphatic rings. The van der Waals surface area contributed by atoms with E-state index in [4.69, 9.17) is 16.3 Å². The fourth-order valence-corrected chi connectivity index (χ4v) is 2.68. The topological polar surface area (TPSA) is 119 Å². The van der Waals surface area contributed by atoms with E-state index in [0.29, 0.717) is 28.2 Å². The minimum Gasteiger partial charge on any atom is -0.410 e. The van der Waals surface area contributed by atoms with Gasteiger partial charge in [-0.25, -0.2) is 14.8 Å². The highest BCUT2D eigenvalue weighted by Gasteiger charge is 2.11. The van der Waals surface area contributed by atoms with Crippen molar-refractivity contribution in [3.8, 4) is 5.75 Å². The average molecular weight is 450 g/mol. The standard InChI is InChI=1S/C19H16ClN5O4.ClH/c1-11-3-4-13(23-18-10-17(20)21-12(2)22-18)9-16(11)24-19(26)29-15-7-5-14(6-8-15)25(27)28;/h3-10H,1-2H3,(H,24,26)(H,21,22,23);1H. The second-order valence-corrected chi connectivity index (χ2v) is 6.43. The number of hydrogen-bond acceptors (Lipinski definition) is 7. The fraction of sp³-hybridized carbons (Fsp3) is 0.105. The SMILES string of the molecule is Cc1nc(Cl)cc(Nc2ccc(C)c(NC(=O)Oc3ccc([N+](=O)[O-])cc3)c2)n1.Cl. The quantitative estimate of drug-likeness (QED) is 0.302. The van der Waals surface area contributed by atoms with Gasteiger partial charge in [0.2, 0.25) is 0 Å². The van der Waals surface area contributed by atoms with Crippen molar-refractivity contribution in [1.82, 2.24) is 9.97 Å². The number of carbonyl (C=O) groups excluding carboxylic acids is 1. The van der Waals surface area contributed by atoms with Gasteiger partial charge in [0, 0.05) is 29.6 Å². The van der Waals surface area contributed by atoms with Gasteiger partial charge in [0.15, 0.2) is 0 Å².